The van der Waals surface area contributed by atoms with Crippen LogP contribution in [0.3, 0.4) is 0 Å². The topological polar surface area (TPSA) is 55.3 Å². The van der Waals surface area contributed by atoms with Gasteiger partial charge < -0.3 is 9.64 Å². The van der Waals surface area contributed by atoms with E-state index < -0.39 is 0 Å². The van der Waals surface area contributed by atoms with Gasteiger partial charge in [0.2, 0.25) is 11.8 Å². The Labute approximate surface area is 124 Å². The van der Waals surface area contributed by atoms with E-state index >= 15 is 0 Å². The number of likely N-dealkylation sites (tertiary alicyclic amines) is 1. The van der Waals surface area contributed by atoms with E-state index in [1.54, 1.807) is 7.11 Å². The molecule has 1 aromatic heterocycles. The summed E-state index contributed by atoms with van der Waals surface area (Å²) in [6.07, 6.45) is 3.26. The van der Waals surface area contributed by atoms with Gasteiger partial charge in [-0.25, -0.2) is 9.97 Å². The molecule has 1 saturated heterocycles. The third kappa shape index (κ3) is 2.96. The van der Waals surface area contributed by atoms with Crippen molar-refractivity contribution in [3.05, 3.63) is 30.0 Å². The number of carbonyl (C=O) groups is 1. The molecule has 3 rings (SSSR count). The van der Waals surface area contributed by atoms with Crippen molar-refractivity contribution in [3.63, 3.8) is 0 Å². The second-order valence-corrected chi connectivity index (χ2v) is 5.26. The van der Waals surface area contributed by atoms with E-state index in [1.165, 1.54) is 0 Å². The standard InChI is InChI=1S/C16H19N3O2/c1-21-16-14(8-9-15(20)19-10-4-5-11-19)17-12-6-2-3-7-13(12)18-16/h2-3,6-7H,4-5,8-11H2,1H3. The van der Waals surface area contributed by atoms with Crippen LogP contribution < -0.4 is 4.74 Å². The molecule has 1 amide bonds. The second-order valence-electron chi connectivity index (χ2n) is 5.26. The van der Waals surface area contributed by atoms with Crippen molar-refractivity contribution >= 4 is 16.9 Å². The van der Waals surface area contributed by atoms with E-state index in [4.69, 9.17) is 4.74 Å². The Hall–Kier alpha value is -2.17. The normalized spacial score (nSPS) is 14.6. The number of carbonyl (C=O) groups excluding carboxylic acids is 1. The Morgan fingerprint density at radius 2 is 1.86 bits per heavy atom. The van der Waals surface area contributed by atoms with Crippen LogP contribution in [0.15, 0.2) is 24.3 Å². The quantitative estimate of drug-likeness (QED) is 0.864. The van der Waals surface area contributed by atoms with Crippen molar-refractivity contribution in [2.75, 3.05) is 20.2 Å². The van der Waals surface area contributed by atoms with Crippen molar-refractivity contribution < 1.29 is 9.53 Å². The van der Waals surface area contributed by atoms with Gasteiger partial charge in [-0.1, -0.05) is 12.1 Å². The predicted octanol–water partition coefficient (Wildman–Crippen LogP) is 2.19. The van der Waals surface area contributed by atoms with E-state index in [1.807, 2.05) is 29.2 Å². The van der Waals surface area contributed by atoms with Crippen LogP contribution in [0.25, 0.3) is 11.0 Å². The van der Waals surface area contributed by atoms with Crippen LogP contribution in [-0.4, -0.2) is 41.0 Å². The van der Waals surface area contributed by atoms with Gasteiger partial charge in [0, 0.05) is 25.9 Å². The number of fused-ring (bicyclic) bond motifs is 1. The molecule has 1 aliphatic heterocycles. The van der Waals surface area contributed by atoms with Gasteiger partial charge in [0.15, 0.2) is 0 Å². The lowest BCUT2D eigenvalue weighted by Crippen LogP contribution is -2.27. The fourth-order valence-electron chi connectivity index (χ4n) is 2.70. The summed E-state index contributed by atoms with van der Waals surface area (Å²) >= 11 is 0. The molecule has 0 saturated carbocycles. The summed E-state index contributed by atoms with van der Waals surface area (Å²) in [5, 5.41) is 0. The number of para-hydroxylation sites is 2. The largest absolute Gasteiger partial charge is 0.480 e. The smallest absolute Gasteiger partial charge is 0.235 e. The average Bonchev–Trinajstić information content (AvgIpc) is 3.06. The Morgan fingerprint density at radius 1 is 1.19 bits per heavy atom. The van der Waals surface area contributed by atoms with Crippen molar-refractivity contribution in [3.8, 4) is 5.88 Å². The number of hydrogen-bond donors (Lipinski definition) is 0. The molecular formula is C16H19N3O2. The highest BCUT2D eigenvalue weighted by atomic mass is 16.5. The fraction of sp³-hybridized carbons (Fsp3) is 0.438. The minimum atomic E-state index is 0.199. The van der Waals surface area contributed by atoms with E-state index in [2.05, 4.69) is 9.97 Å². The highest BCUT2D eigenvalue weighted by Crippen LogP contribution is 2.20. The maximum Gasteiger partial charge on any atom is 0.235 e. The average molecular weight is 285 g/mol. The number of nitrogens with zero attached hydrogens (tertiary/aromatic N) is 3. The van der Waals surface area contributed by atoms with Crippen LogP contribution in [0, 0.1) is 0 Å². The number of ether oxygens (including phenoxy) is 1. The van der Waals surface area contributed by atoms with Crippen LogP contribution >= 0.6 is 0 Å². The molecule has 2 heterocycles. The first-order valence-electron chi connectivity index (χ1n) is 7.35. The third-order valence-corrected chi connectivity index (χ3v) is 3.83. The number of methoxy groups -OCH3 is 1. The molecule has 0 unspecified atom stereocenters. The zero-order valence-electron chi connectivity index (χ0n) is 12.2. The number of amides is 1. The van der Waals surface area contributed by atoms with Crippen LogP contribution in [0.1, 0.15) is 25.0 Å². The zero-order chi connectivity index (χ0) is 14.7. The predicted molar refractivity (Wildman–Crippen MR) is 80.2 cm³/mol. The van der Waals surface area contributed by atoms with Crippen molar-refractivity contribution in [2.45, 2.75) is 25.7 Å². The lowest BCUT2D eigenvalue weighted by Gasteiger charge is -2.15. The van der Waals surface area contributed by atoms with Gasteiger partial charge in [-0.2, -0.15) is 0 Å². The van der Waals surface area contributed by atoms with Gasteiger partial charge in [0.05, 0.1) is 18.1 Å². The first-order chi connectivity index (χ1) is 10.3. The van der Waals surface area contributed by atoms with Crippen molar-refractivity contribution in [2.24, 2.45) is 0 Å². The first-order valence-corrected chi connectivity index (χ1v) is 7.35. The SMILES string of the molecule is COc1nc2ccccc2nc1CCC(=O)N1CCCC1. The fourth-order valence-corrected chi connectivity index (χ4v) is 2.70. The molecule has 1 fully saturated rings. The van der Waals surface area contributed by atoms with Gasteiger partial charge >= 0.3 is 0 Å². The zero-order valence-corrected chi connectivity index (χ0v) is 12.2. The molecular weight excluding hydrogens is 266 g/mol. The summed E-state index contributed by atoms with van der Waals surface area (Å²) < 4.78 is 5.31. The minimum Gasteiger partial charge on any atom is -0.480 e. The molecule has 5 nitrogen and oxygen atoms in total. The summed E-state index contributed by atoms with van der Waals surface area (Å²) in [4.78, 5) is 23.1. The first kappa shape index (κ1) is 13.8. The minimum absolute atomic E-state index is 0.199. The Balaban J connectivity index is 1.77. The van der Waals surface area contributed by atoms with Crippen LogP contribution in [0.2, 0.25) is 0 Å². The maximum atomic E-state index is 12.1. The molecule has 1 aliphatic rings. The maximum absolute atomic E-state index is 12.1. The van der Waals surface area contributed by atoms with Gasteiger partial charge in [-0.3, -0.25) is 4.79 Å². The molecule has 0 N–H and O–H groups in total. The summed E-state index contributed by atoms with van der Waals surface area (Å²) in [6, 6.07) is 7.69. The summed E-state index contributed by atoms with van der Waals surface area (Å²) in [5.74, 6) is 0.715. The van der Waals surface area contributed by atoms with E-state index in [9.17, 15) is 4.79 Å². The highest BCUT2D eigenvalue weighted by molar-refractivity contribution is 5.77. The van der Waals surface area contributed by atoms with Crippen LogP contribution in [0.5, 0.6) is 5.88 Å². The molecule has 0 radical (unpaired) electrons. The van der Waals surface area contributed by atoms with Crippen LogP contribution in [-0.2, 0) is 11.2 Å². The molecule has 21 heavy (non-hydrogen) atoms. The summed E-state index contributed by atoms with van der Waals surface area (Å²) in [6.45, 7) is 1.78. The Kier molecular flexibility index (Phi) is 3.99. The lowest BCUT2D eigenvalue weighted by atomic mass is 10.2. The molecule has 0 aliphatic carbocycles. The molecule has 0 bridgehead atoms. The van der Waals surface area contributed by atoms with E-state index in [0.717, 1.165) is 42.7 Å². The highest BCUT2D eigenvalue weighted by Gasteiger charge is 2.19. The van der Waals surface area contributed by atoms with Crippen LogP contribution in [0.4, 0.5) is 0 Å². The van der Waals surface area contributed by atoms with Crippen molar-refractivity contribution in [1.29, 1.82) is 0 Å². The molecule has 110 valence electrons. The monoisotopic (exact) mass is 285 g/mol. The number of aryl methyl sites for hydroxylation is 1. The molecule has 2 aromatic rings. The number of aromatic nitrogens is 2. The molecule has 0 spiro atoms. The molecule has 1 aromatic carbocycles. The Morgan fingerprint density at radius 3 is 2.52 bits per heavy atom. The summed E-state index contributed by atoms with van der Waals surface area (Å²) in [7, 11) is 1.59. The van der Waals surface area contributed by atoms with Gasteiger partial charge in [0.25, 0.3) is 0 Å². The number of benzene rings is 1. The van der Waals surface area contributed by atoms with E-state index in [-0.39, 0.29) is 5.91 Å². The Bertz CT molecular complexity index is 651. The van der Waals surface area contributed by atoms with Crippen molar-refractivity contribution in [1.82, 2.24) is 14.9 Å². The molecule has 0 atom stereocenters. The van der Waals surface area contributed by atoms with Gasteiger partial charge in [0.1, 0.15) is 5.69 Å². The lowest BCUT2D eigenvalue weighted by molar-refractivity contribution is -0.130. The van der Waals surface area contributed by atoms with Gasteiger partial charge in [-0.05, 0) is 25.0 Å². The summed E-state index contributed by atoms with van der Waals surface area (Å²) in [5.41, 5.74) is 2.40. The molecule has 5 heteroatoms. The number of hydrogen-bond acceptors (Lipinski definition) is 4. The third-order valence-electron chi connectivity index (χ3n) is 3.83. The van der Waals surface area contributed by atoms with Gasteiger partial charge in [-0.15, -0.1) is 0 Å². The van der Waals surface area contributed by atoms with E-state index in [0.29, 0.717) is 18.7 Å². The number of rotatable bonds is 4. The second kappa shape index (κ2) is 6.08.